The second-order valence-corrected chi connectivity index (χ2v) is 8.57. The van der Waals surface area contributed by atoms with Crippen LogP contribution in [0.15, 0.2) is 24.5 Å². The topological polar surface area (TPSA) is 150 Å². The van der Waals surface area contributed by atoms with Crippen molar-refractivity contribution in [3.05, 3.63) is 30.1 Å². The molecule has 43 heavy (non-hydrogen) atoms. The summed E-state index contributed by atoms with van der Waals surface area (Å²) in [5.41, 5.74) is 1.38. The lowest BCUT2D eigenvalue weighted by Crippen LogP contribution is -2.50. The zero-order valence-electron chi connectivity index (χ0n) is 22.5. The van der Waals surface area contributed by atoms with E-state index in [1.165, 1.54) is 18.5 Å². The van der Waals surface area contributed by atoms with Crippen molar-refractivity contribution in [1.29, 1.82) is 0 Å². The number of aromatic nitrogens is 1. The third-order valence-electron chi connectivity index (χ3n) is 5.64. The van der Waals surface area contributed by atoms with Gasteiger partial charge in [-0.05, 0) is 30.5 Å². The molecular formula is C23H30F9N3O8. The maximum atomic E-state index is 10.6. The molecule has 2 saturated heterocycles. The minimum absolute atomic E-state index is 0.565. The van der Waals surface area contributed by atoms with Gasteiger partial charge in [0.1, 0.15) is 0 Å². The Balaban J connectivity index is 0.000000690. The Kier molecular flexibility index (Phi) is 17.1. The second kappa shape index (κ2) is 18.4. The van der Waals surface area contributed by atoms with E-state index in [1.807, 2.05) is 12.4 Å². The van der Waals surface area contributed by atoms with Crippen LogP contribution in [0.2, 0.25) is 0 Å². The number of hydrogen-bond acceptors (Lipinski definition) is 8. The first-order valence-electron chi connectivity index (χ1n) is 12.1. The van der Waals surface area contributed by atoms with Crippen molar-refractivity contribution in [3.8, 4) is 0 Å². The van der Waals surface area contributed by atoms with Crippen LogP contribution >= 0.6 is 0 Å². The largest absolute Gasteiger partial charge is 0.490 e. The zero-order chi connectivity index (χ0) is 33.4. The number of rotatable bonds is 6. The van der Waals surface area contributed by atoms with Crippen LogP contribution in [0.25, 0.3) is 0 Å². The molecule has 20 heteroatoms. The molecule has 248 valence electrons. The lowest BCUT2D eigenvalue weighted by atomic mass is 9.99. The first-order valence-corrected chi connectivity index (χ1v) is 12.1. The van der Waals surface area contributed by atoms with Crippen molar-refractivity contribution in [2.45, 2.75) is 43.5 Å². The highest BCUT2D eigenvalue weighted by atomic mass is 19.4. The molecule has 0 spiro atoms. The highest BCUT2D eigenvalue weighted by Crippen LogP contribution is 2.26. The molecule has 0 radical (unpaired) electrons. The highest BCUT2D eigenvalue weighted by molar-refractivity contribution is 5.73. The predicted molar refractivity (Wildman–Crippen MR) is 127 cm³/mol. The number of carboxylic acids is 3. The number of likely N-dealkylation sites (tertiary alicyclic amines) is 1. The van der Waals surface area contributed by atoms with E-state index in [2.05, 4.69) is 26.9 Å². The summed E-state index contributed by atoms with van der Waals surface area (Å²) < 4.78 is 106. The molecule has 3 rings (SSSR count). The van der Waals surface area contributed by atoms with Gasteiger partial charge in [-0.25, -0.2) is 14.4 Å². The third kappa shape index (κ3) is 16.9. The second-order valence-electron chi connectivity index (χ2n) is 8.57. The summed E-state index contributed by atoms with van der Waals surface area (Å²) in [4.78, 5) is 36.1. The minimum Gasteiger partial charge on any atom is -0.475 e. The van der Waals surface area contributed by atoms with Crippen molar-refractivity contribution >= 4 is 17.9 Å². The van der Waals surface area contributed by atoms with Crippen LogP contribution in [-0.4, -0.2) is 132 Å². The summed E-state index contributed by atoms with van der Waals surface area (Å²) in [5.74, 6) is -8.27. The standard InChI is InChI=1S/C17H27N3O2.3C2HF3O2/c1-21-11-8-19-7-4-16(20-9-12-22-13-10-20)17(19)14-15-2-5-18-6-3-15;3*3-2(4,5)1(6)7/h2-3,5-6,16-17H,4,7-14H2,1H3;3*(H,6,7)/t16-,17+;;;/m1.../s1. The summed E-state index contributed by atoms with van der Waals surface area (Å²) in [7, 11) is 1.79. The molecule has 11 nitrogen and oxygen atoms in total. The van der Waals surface area contributed by atoms with Crippen molar-refractivity contribution in [3.63, 3.8) is 0 Å². The normalized spacial score (nSPS) is 19.5. The number of carbonyl (C=O) groups is 3. The number of halogens is 9. The first-order chi connectivity index (χ1) is 19.7. The minimum atomic E-state index is -5.08. The highest BCUT2D eigenvalue weighted by Gasteiger charge is 2.40. The number of nitrogens with zero attached hydrogens (tertiary/aromatic N) is 3. The molecule has 3 heterocycles. The van der Waals surface area contributed by atoms with Crippen molar-refractivity contribution in [1.82, 2.24) is 14.8 Å². The average Bonchev–Trinajstić information content (AvgIpc) is 3.30. The first kappa shape index (κ1) is 39.8. The van der Waals surface area contributed by atoms with E-state index in [0.717, 1.165) is 45.9 Å². The molecule has 2 fully saturated rings. The molecule has 0 amide bonds. The lowest BCUT2D eigenvalue weighted by Gasteiger charge is -2.37. The summed E-state index contributed by atoms with van der Waals surface area (Å²) >= 11 is 0. The molecule has 2 atom stereocenters. The predicted octanol–water partition coefficient (Wildman–Crippen LogP) is 2.95. The van der Waals surface area contributed by atoms with E-state index < -0.39 is 36.4 Å². The monoisotopic (exact) mass is 647 g/mol. The van der Waals surface area contributed by atoms with Gasteiger partial charge in [-0.1, -0.05) is 0 Å². The Morgan fingerprint density at radius 2 is 1.28 bits per heavy atom. The van der Waals surface area contributed by atoms with E-state index in [1.54, 1.807) is 7.11 Å². The quantitative estimate of drug-likeness (QED) is 0.392. The molecule has 2 aliphatic heterocycles. The van der Waals surface area contributed by atoms with Crippen LogP contribution in [0.5, 0.6) is 0 Å². The zero-order valence-corrected chi connectivity index (χ0v) is 22.5. The maximum absolute atomic E-state index is 10.6. The Labute approximate surface area is 238 Å². The van der Waals surface area contributed by atoms with E-state index in [0.29, 0.717) is 12.1 Å². The molecule has 0 unspecified atom stereocenters. The van der Waals surface area contributed by atoms with E-state index in [-0.39, 0.29) is 0 Å². The molecule has 0 aromatic carbocycles. The van der Waals surface area contributed by atoms with Crippen LogP contribution in [0.3, 0.4) is 0 Å². The maximum Gasteiger partial charge on any atom is 0.490 e. The number of ether oxygens (including phenoxy) is 2. The van der Waals surface area contributed by atoms with Crippen LogP contribution < -0.4 is 0 Å². The van der Waals surface area contributed by atoms with Gasteiger partial charge in [0, 0.05) is 57.8 Å². The summed E-state index contributed by atoms with van der Waals surface area (Å²) in [5, 5.41) is 21.4. The van der Waals surface area contributed by atoms with E-state index >= 15 is 0 Å². The van der Waals surface area contributed by atoms with Crippen LogP contribution in [0, 0.1) is 0 Å². The molecule has 3 N–H and O–H groups in total. The van der Waals surface area contributed by atoms with Gasteiger partial charge in [-0.3, -0.25) is 14.8 Å². The fourth-order valence-electron chi connectivity index (χ4n) is 3.75. The summed E-state index contributed by atoms with van der Waals surface area (Å²) in [6.07, 6.45) is -9.12. The Hall–Kier alpha value is -3.23. The number of pyridine rings is 1. The van der Waals surface area contributed by atoms with Crippen molar-refractivity contribution in [2.75, 3.05) is 53.1 Å². The smallest absolute Gasteiger partial charge is 0.475 e. The van der Waals surface area contributed by atoms with Gasteiger partial charge in [0.25, 0.3) is 0 Å². The molecular weight excluding hydrogens is 617 g/mol. The number of morpholine rings is 1. The van der Waals surface area contributed by atoms with Crippen LogP contribution in [-0.2, 0) is 30.3 Å². The summed E-state index contributed by atoms with van der Waals surface area (Å²) in [6.45, 7) is 6.87. The third-order valence-corrected chi connectivity index (χ3v) is 5.64. The van der Waals surface area contributed by atoms with Crippen LogP contribution in [0.1, 0.15) is 12.0 Å². The molecule has 0 aliphatic carbocycles. The number of hydrogen-bond donors (Lipinski definition) is 3. The summed E-state index contributed by atoms with van der Waals surface area (Å²) in [6, 6.07) is 5.48. The fourth-order valence-corrected chi connectivity index (χ4v) is 3.75. The van der Waals surface area contributed by atoms with Gasteiger partial charge in [0.15, 0.2) is 0 Å². The molecule has 2 aliphatic rings. The van der Waals surface area contributed by atoms with E-state index in [4.69, 9.17) is 39.2 Å². The van der Waals surface area contributed by atoms with Gasteiger partial charge < -0.3 is 24.8 Å². The average molecular weight is 647 g/mol. The fraction of sp³-hybridized carbons (Fsp3) is 0.652. The number of methoxy groups -OCH3 is 1. The lowest BCUT2D eigenvalue weighted by molar-refractivity contribution is -0.193. The van der Waals surface area contributed by atoms with Gasteiger partial charge in [0.2, 0.25) is 0 Å². The van der Waals surface area contributed by atoms with E-state index in [9.17, 15) is 39.5 Å². The molecule has 1 aromatic heterocycles. The number of aliphatic carboxylic acids is 3. The van der Waals surface area contributed by atoms with Crippen LogP contribution in [0.4, 0.5) is 39.5 Å². The van der Waals surface area contributed by atoms with Gasteiger partial charge in [-0.15, -0.1) is 0 Å². The van der Waals surface area contributed by atoms with Crippen molar-refractivity contribution < 1.29 is 78.7 Å². The van der Waals surface area contributed by atoms with Gasteiger partial charge >= 0.3 is 36.4 Å². The Bertz CT molecular complexity index is 916. The Morgan fingerprint density at radius 1 is 0.860 bits per heavy atom. The molecule has 0 saturated carbocycles. The number of carboxylic acid groups (broad SMARTS) is 3. The molecule has 1 aromatic rings. The Morgan fingerprint density at radius 3 is 1.65 bits per heavy atom. The van der Waals surface area contributed by atoms with Gasteiger partial charge in [-0.2, -0.15) is 39.5 Å². The SMILES string of the molecule is COCCN1CC[C@@H](N2CCOCC2)[C@@H]1Cc1ccncc1.O=C(O)C(F)(F)F.O=C(O)C(F)(F)F.O=C(O)C(F)(F)F. The van der Waals surface area contributed by atoms with Crippen molar-refractivity contribution in [2.24, 2.45) is 0 Å². The van der Waals surface area contributed by atoms with Gasteiger partial charge in [0.05, 0.1) is 19.8 Å². The molecule has 0 bridgehead atoms. The number of alkyl halides is 9.